The van der Waals surface area contributed by atoms with Gasteiger partial charge in [0.1, 0.15) is 6.54 Å². The molecule has 20 heavy (non-hydrogen) atoms. The summed E-state index contributed by atoms with van der Waals surface area (Å²) >= 11 is 0. The highest BCUT2D eigenvalue weighted by Crippen LogP contribution is 2.34. The zero-order chi connectivity index (χ0) is 15.5. The molecule has 1 aliphatic rings. The van der Waals surface area contributed by atoms with Gasteiger partial charge >= 0.3 is 12.0 Å². The maximum atomic E-state index is 12.2. The minimum Gasteiger partial charge on any atom is -0.481 e. The van der Waals surface area contributed by atoms with Crippen LogP contribution in [-0.4, -0.2) is 78.5 Å². The Bertz CT molecular complexity index is 410. The van der Waals surface area contributed by atoms with Gasteiger partial charge in [-0.2, -0.15) is 0 Å². The largest absolute Gasteiger partial charge is 0.481 e. The van der Waals surface area contributed by atoms with Gasteiger partial charge in [0, 0.05) is 34.2 Å². The molecule has 3 amide bonds. The fraction of sp³-hybridized carbons (Fsp3) is 0.769. The van der Waals surface area contributed by atoms with E-state index in [1.165, 1.54) is 14.7 Å². The first kappa shape index (κ1) is 16.3. The lowest BCUT2D eigenvalue weighted by molar-refractivity contribution is -0.148. The highest BCUT2D eigenvalue weighted by Gasteiger charge is 2.45. The van der Waals surface area contributed by atoms with Crippen molar-refractivity contribution in [2.24, 2.45) is 5.41 Å². The maximum absolute atomic E-state index is 12.2. The molecule has 1 heterocycles. The van der Waals surface area contributed by atoms with Crippen LogP contribution in [0.1, 0.15) is 19.8 Å². The van der Waals surface area contributed by atoms with E-state index in [2.05, 4.69) is 0 Å². The lowest BCUT2D eigenvalue weighted by Crippen LogP contribution is -2.45. The number of likely N-dealkylation sites (tertiary alicyclic amines) is 1. The number of hydrogen-bond acceptors (Lipinski definition) is 3. The average molecular weight is 285 g/mol. The van der Waals surface area contributed by atoms with E-state index in [9.17, 15) is 19.5 Å². The van der Waals surface area contributed by atoms with Crippen molar-refractivity contribution in [2.75, 3.05) is 40.8 Å². The Balaban J connectivity index is 2.66. The number of carbonyl (C=O) groups is 3. The number of amides is 3. The van der Waals surface area contributed by atoms with Crippen LogP contribution in [0.2, 0.25) is 0 Å². The predicted molar refractivity (Wildman–Crippen MR) is 73.3 cm³/mol. The van der Waals surface area contributed by atoms with Gasteiger partial charge in [0.15, 0.2) is 0 Å². The highest BCUT2D eigenvalue weighted by atomic mass is 16.4. The van der Waals surface area contributed by atoms with E-state index in [-0.39, 0.29) is 25.0 Å². The molecular weight excluding hydrogens is 262 g/mol. The van der Waals surface area contributed by atoms with Crippen molar-refractivity contribution in [2.45, 2.75) is 19.8 Å². The number of hydrogen-bond donors (Lipinski definition) is 1. The summed E-state index contributed by atoms with van der Waals surface area (Å²) in [6.07, 6.45) is 0.951. The standard InChI is InChI=1S/C13H23N3O4/c1-5-13(11(18)19)6-7-16(9-13)12(20)15(4)8-10(17)14(2)3/h5-9H2,1-4H3,(H,18,19). The van der Waals surface area contributed by atoms with Crippen LogP contribution in [0.5, 0.6) is 0 Å². The van der Waals surface area contributed by atoms with Crippen LogP contribution in [-0.2, 0) is 9.59 Å². The number of urea groups is 1. The third-order valence-electron chi connectivity index (χ3n) is 3.95. The van der Waals surface area contributed by atoms with E-state index in [0.717, 1.165) is 0 Å². The second-order valence-corrected chi connectivity index (χ2v) is 5.54. The van der Waals surface area contributed by atoms with E-state index in [1.807, 2.05) is 6.92 Å². The van der Waals surface area contributed by atoms with E-state index >= 15 is 0 Å². The number of carboxylic acids is 1. The van der Waals surface area contributed by atoms with Crippen LogP contribution in [0.25, 0.3) is 0 Å². The van der Waals surface area contributed by atoms with Gasteiger partial charge in [0.25, 0.3) is 0 Å². The fourth-order valence-electron chi connectivity index (χ4n) is 2.30. The van der Waals surface area contributed by atoms with Gasteiger partial charge in [-0.1, -0.05) is 6.92 Å². The van der Waals surface area contributed by atoms with Gasteiger partial charge in [-0.05, 0) is 12.8 Å². The van der Waals surface area contributed by atoms with Crippen LogP contribution in [0, 0.1) is 5.41 Å². The first-order chi connectivity index (χ1) is 9.23. The smallest absolute Gasteiger partial charge is 0.320 e. The third-order valence-corrected chi connectivity index (χ3v) is 3.95. The van der Waals surface area contributed by atoms with Crippen molar-refractivity contribution >= 4 is 17.9 Å². The summed E-state index contributed by atoms with van der Waals surface area (Å²) in [5.74, 6) is -1.03. The third kappa shape index (κ3) is 3.20. The van der Waals surface area contributed by atoms with Gasteiger partial charge in [-0.3, -0.25) is 9.59 Å². The molecule has 1 fully saturated rings. The SMILES string of the molecule is CCC1(C(=O)O)CCN(C(=O)N(C)CC(=O)N(C)C)C1. The topological polar surface area (TPSA) is 81.2 Å². The summed E-state index contributed by atoms with van der Waals surface area (Å²) in [7, 11) is 4.81. The van der Waals surface area contributed by atoms with Crippen molar-refractivity contribution in [3.8, 4) is 0 Å². The highest BCUT2D eigenvalue weighted by molar-refractivity contribution is 5.84. The fourth-order valence-corrected chi connectivity index (χ4v) is 2.30. The van der Waals surface area contributed by atoms with Gasteiger partial charge in [0.2, 0.25) is 5.91 Å². The number of carbonyl (C=O) groups excluding carboxylic acids is 2. The molecule has 1 saturated heterocycles. The molecular formula is C13H23N3O4. The molecule has 114 valence electrons. The molecule has 0 aromatic heterocycles. The van der Waals surface area contributed by atoms with Crippen LogP contribution >= 0.6 is 0 Å². The number of nitrogens with zero attached hydrogens (tertiary/aromatic N) is 3. The van der Waals surface area contributed by atoms with E-state index < -0.39 is 11.4 Å². The minimum atomic E-state index is -0.859. The summed E-state index contributed by atoms with van der Waals surface area (Å²) < 4.78 is 0. The number of likely N-dealkylation sites (N-methyl/N-ethyl adjacent to an activating group) is 2. The normalized spacial score (nSPS) is 21.7. The Hall–Kier alpha value is -1.79. The zero-order valence-electron chi connectivity index (χ0n) is 12.5. The molecule has 1 atom stereocenters. The summed E-state index contributed by atoms with van der Waals surface area (Å²) in [4.78, 5) is 39.4. The van der Waals surface area contributed by atoms with E-state index in [0.29, 0.717) is 19.4 Å². The van der Waals surface area contributed by atoms with Gasteiger partial charge in [-0.25, -0.2) is 4.79 Å². The zero-order valence-corrected chi connectivity index (χ0v) is 12.5. The first-order valence-electron chi connectivity index (χ1n) is 6.67. The Morgan fingerprint density at radius 3 is 2.25 bits per heavy atom. The Kier molecular flexibility index (Phi) is 4.97. The van der Waals surface area contributed by atoms with Crippen molar-refractivity contribution < 1.29 is 19.5 Å². The molecule has 0 saturated carbocycles. The number of rotatable bonds is 4. The Labute approximate surface area is 119 Å². The predicted octanol–water partition coefficient (Wildman–Crippen LogP) is 0.313. The van der Waals surface area contributed by atoms with Crippen LogP contribution < -0.4 is 0 Å². The average Bonchev–Trinajstić information content (AvgIpc) is 2.83. The number of aliphatic carboxylic acids is 1. The lowest BCUT2D eigenvalue weighted by atomic mass is 9.84. The molecule has 1 unspecified atom stereocenters. The first-order valence-corrected chi connectivity index (χ1v) is 6.67. The molecule has 0 bridgehead atoms. The minimum absolute atomic E-state index is 0.00543. The maximum Gasteiger partial charge on any atom is 0.320 e. The summed E-state index contributed by atoms with van der Waals surface area (Å²) in [6, 6.07) is -0.295. The molecule has 0 radical (unpaired) electrons. The van der Waals surface area contributed by atoms with Crippen LogP contribution in [0.15, 0.2) is 0 Å². The summed E-state index contributed by atoms with van der Waals surface area (Å²) in [5.41, 5.74) is -0.845. The van der Waals surface area contributed by atoms with Gasteiger partial charge in [-0.15, -0.1) is 0 Å². The second-order valence-electron chi connectivity index (χ2n) is 5.54. The Morgan fingerprint density at radius 2 is 1.85 bits per heavy atom. The van der Waals surface area contributed by atoms with Gasteiger partial charge < -0.3 is 19.8 Å². The molecule has 1 rings (SSSR count). The summed E-state index contributed by atoms with van der Waals surface area (Å²) in [5, 5.41) is 9.31. The van der Waals surface area contributed by atoms with E-state index in [4.69, 9.17) is 0 Å². The molecule has 0 aromatic rings. The molecule has 0 aliphatic carbocycles. The van der Waals surface area contributed by atoms with Gasteiger partial charge in [0.05, 0.1) is 5.41 Å². The van der Waals surface area contributed by atoms with Crippen LogP contribution in [0.3, 0.4) is 0 Å². The van der Waals surface area contributed by atoms with Crippen LogP contribution in [0.4, 0.5) is 4.79 Å². The van der Waals surface area contributed by atoms with Crippen molar-refractivity contribution in [3.05, 3.63) is 0 Å². The van der Waals surface area contributed by atoms with Crippen molar-refractivity contribution in [1.82, 2.24) is 14.7 Å². The Morgan fingerprint density at radius 1 is 1.25 bits per heavy atom. The van der Waals surface area contributed by atoms with Crippen molar-refractivity contribution in [1.29, 1.82) is 0 Å². The lowest BCUT2D eigenvalue weighted by Gasteiger charge is -2.27. The van der Waals surface area contributed by atoms with Crippen molar-refractivity contribution in [3.63, 3.8) is 0 Å². The molecule has 1 aliphatic heterocycles. The molecule has 1 N–H and O–H groups in total. The molecule has 7 heteroatoms. The number of carboxylic acid groups (broad SMARTS) is 1. The molecule has 7 nitrogen and oxygen atoms in total. The van der Waals surface area contributed by atoms with E-state index in [1.54, 1.807) is 21.1 Å². The second kappa shape index (κ2) is 6.11. The summed E-state index contributed by atoms with van der Waals surface area (Å²) in [6.45, 7) is 2.44. The molecule has 0 spiro atoms. The quantitative estimate of drug-likeness (QED) is 0.806. The molecule has 0 aromatic carbocycles. The monoisotopic (exact) mass is 285 g/mol.